The molecule has 0 unspecified atom stereocenters. The number of rotatable bonds is 29. The standard InChI is InChI=1S/C58H58N2O4.C40H42N2.C9H9BrO2/c1-3-5-7-11-41-15-23-45(24-16-41)59(47-27-19-43(20-28-47)57-61-35-36-62-57)49-31-33-53-54-34-32-50(40-56(54)52-14-10-9-13-51(52)55(53)39-49)60(46-25-17-42(18-26-46)12-8-6-4-2)48-29-21-44(22-30-48)58-63-37-38-64-58;1-3-5-7-11-29-15-19-31(20-16-29)41-33-23-25-37-38-26-24-34(42-32-21-17-30(18-22-32)12-8-6-4-2)28-40(38)36-14-10-9-13-35(36)39(37)27-33;10-8-3-1-7(2-4-8)9-11-5-6-12-9/h9-10,13-34,39-40,57-58H,3-8,11-12,35-38H2,1-2H3;9-10,13-28,41-42H,3-8,11-12H2,1-2H3;1-4,9H,5-6H2. The fourth-order valence-corrected chi connectivity index (χ4v) is 17.1. The highest BCUT2D eigenvalue weighted by Gasteiger charge is 2.25. The number of nitrogens with zero attached hydrogens (tertiary/aromatic N) is 2. The van der Waals surface area contributed by atoms with Gasteiger partial charge in [0.2, 0.25) is 0 Å². The molecular formula is C107H109BrN4O6. The second-order valence-corrected chi connectivity index (χ2v) is 32.4. The van der Waals surface area contributed by atoms with Crippen molar-refractivity contribution in [3.05, 3.63) is 335 Å². The number of anilines is 10. The predicted molar refractivity (Wildman–Crippen MR) is 498 cm³/mol. The number of hydrogen-bond acceptors (Lipinski definition) is 10. The van der Waals surface area contributed by atoms with Gasteiger partial charge in [0.15, 0.2) is 18.9 Å². The molecule has 0 radical (unpaired) electrons. The summed E-state index contributed by atoms with van der Waals surface area (Å²) in [5.74, 6) is 0. The Morgan fingerprint density at radius 2 is 0.483 bits per heavy atom. The molecule has 3 saturated heterocycles. The lowest BCUT2D eigenvalue weighted by atomic mass is 9.93. The van der Waals surface area contributed by atoms with Crippen LogP contribution in [0.1, 0.15) is 163 Å². The van der Waals surface area contributed by atoms with E-state index in [4.69, 9.17) is 28.4 Å². The van der Waals surface area contributed by atoms with E-state index in [-0.39, 0.29) is 18.9 Å². The highest BCUT2D eigenvalue weighted by molar-refractivity contribution is 9.10. The van der Waals surface area contributed by atoms with Crippen LogP contribution in [0.5, 0.6) is 0 Å². The summed E-state index contributed by atoms with van der Waals surface area (Å²) in [6, 6.07) is 107. The molecule has 18 rings (SSSR count). The van der Waals surface area contributed by atoms with Crippen LogP contribution in [-0.2, 0) is 54.1 Å². The second-order valence-electron chi connectivity index (χ2n) is 31.5. The van der Waals surface area contributed by atoms with E-state index in [1.807, 2.05) is 24.3 Å². The fourth-order valence-electron chi connectivity index (χ4n) is 16.8. The van der Waals surface area contributed by atoms with Crippen LogP contribution in [0.2, 0.25) is 0 Å². The first-order valence-electron chi connectivity index (χ1n) is 43.1. The Bertz CT molecular complexity index is 5420. The average Bonchev–Trinajstić information content (AvgIpc) is 0.794. The molecule has 0 aromatic heterocycles. The molecule has 0 spiro atoms. The van der Waals surface area contributed by atoms with Gasteiger partial charge in [-0.15, -0.1) is 0 Å². The van der Waals surface area contributed by atoms with Crippen LogP contribution in [0.4, 0.5) is 56.9 Å². The molecule has 0 atom stereocenters. The number of hydrogen-bond donors (Lipinski definition) is 2. The van der Waals surface area contributed by atoms with Crippen molar-refractivity contribution >= 4 is 137 Å². The third-order valence-corrected chi connectivity index (χ3v) is 23.7. The maximum absolute atomic E-state index is 5.85. The zero-order valence-corrected chi connectivity index (χ0v) is 70.3. The number of ether oxygens (including phenoxy) is 6. The zero-order valence-electron chi connectivity index (χ0n) is 68.7. The number of unbranched alkanes of at least 4 members (excludes halogenated alkanes) is 8. The smallest absolute Gasteiger partial charge is 0.184 e. The van der Waals surface area contributed by atoms with E-state index in [2.05, 4.69) is 331 Å². The average molecular weight is 1630 g/mol. The van der Waals surface area contributed by atoms with Crippen LogP contribution in [0.15, 0.2) is 296 Å². The lowest BCUT2D eigenvalue weighted by molar-refractivity contribution is -0.0443. The van der Waals surface area contributed by atoms with Crippen molar-refractivity contribution in [2.45, 2.75) is 149 Å². The van der Waals surface area contributed by atoms with Crippen molar-refractivity contribution in [1.29, 1.82) is 0 Å². The van der Waals surface area contributed by atoms with Gasteiger partial charge in [-0.05, 0) is 272 Å². The lowest BCUT2D eigenvalue weighted by Gasteiger charge is -2.27. The summed E-state index contributed by atoms with van der Waals surface area (Å²) in [6.07, 6.45) is 18.7. The topological polar surface area (TPSA) is 85.9 Å². The molecule has 2 N–H and O–H groups in total. The van der Waals surface area contributed by atoms with Crippen LogP contribution in [0.25, 0.3) is 64.6 Å². The first-order chi connectivity index (χ1) is 58.2. The number of halogens is 1. The van der Waals surface area contributed by atoms with Gasteiger partial charge in [-0.1, -0.05) is 253 Å². The molecule has 3 aliphatic heterocycles. The molecule has 11 heteroatoms. The summed E-state index contributed by atoms with van der Waals surface area (Å²) in [4.78, 5) is 4.75. The summed E-state index contributed by atoms with van der Waals surface area (Å²) in [5, 5.41) is 22.3. The Balaban J connectivity index is 0.000000164. The van der Waals surface area contributed by atoms with E-state index in [1.165, 1.54) is 164 Å². The minimum Gasteiger partial charge on any atom is -0.356 e. The zero-order chi connectivity index (χ0) is 80.4. The second kappa shape index (κ2) is 39.7. The van der Waals surface area contributed by atoms with Crippen molar-refractivity contribution < 1.29 is 28.4 Å². The Morgan fingerprint density at radius 1 is 0.246 bits per heavy atom. The Morgan fingerprint density at radius 3 is 0.780 bits per heavy atom. The maximum Gasteiger partial charge on any atom is 0.184 e. The molecule has 3 aliphatic rings. The number of benzene rings is 15. The van der Waals surface area contributed by atoms with Gasteiger partial charge in [-0.2, -0.15) is 0 Å². The van der Waals surface area contributed by atoms with Crippen molar-refractivity contribution in [2.75, 3.05) is 60.1 Å². The molecule has 15 aromatic rings. The monoisotopic (exact) mass is 1620 g/mol. The third kappa shape index (κ3) is 19.5. The first-order valence-corrected chi connectivity index (χ1v) is 43.9. The molecule has 3 fully saturated rings. The Labute approximate surface area is 705 Å². The highest BCUT2D eigenvalue weighted by Crippen LogP contribution is 2.46. The third-order valence-electron chi connectivity index (χ3n) is 23.2. The summed E-state index contributed by atoms with van der Waals surface area (Å²) in [7, 11) is 0. The fraction of sp³-hybridized carbons (Fsp3) is 0.271. The van der Waals surface area contributed by atoms with E-state index >= 15 is 0 Å². The van der Waals surface area contributed by atoms with Crippen molar-refractivity contribution in [1.82, 2.24) is 0 Å². The summed E-state index contributed by atoms with van der Waals surface area (Å²) >= 11 is 3.37. The van der Waals surface area contributed by atoms with Gasteiger partial charge in [0, 0.05) is 78.0 Å². The Kier molecular flexibility index (Phi) is 27.3. The van der Waals surface area contributed by atoms with Crippen molar-refractivity contribution in [2.24, 2.45) is 0 Å². The van der Waals surface area contributed by atoms with E-state index < -0.39 is 0 Å². The van der Waals surface area contributed by atoms with E-state index in [0.717, 1.165) is 104 Å². The van der Waals surface area contributed by atoms with E-state index in [1.54, 1.807) is 0 Å². The number of fused-ring (bicyclic) bond motifs is 12. The van der Waals surface area contributed by atoms with Gasteiger partial charge >= 0.3 is 0 Å². The number of nitrogens with one attached hydrogen (secondary N) is 2. The molecule has 3 heterocycles. The quantitative estimate of drug-likeness (QED) is 0.0349. The van der Waals surface area contributed by atoms with Crippen LogP contribution in [0, 0.1) is 0 Å². The van der Waals surface area contributed by atoms with Gasteiger partial charge in [0.05, 0.1) is 39.6 Å². The summed E-state index contributed by atoms with van der Waals surface area (Å²) < 4.78 is 35.1. The Hall–Kier alpha value is -10.7. The van der Waals surface area contributed by atoms with Gasteiger partial charge in [-0.25, -0.2) is 0 Å². The molecule has 118 heavy (non-hydrogen) atoms. The van der Waals surface area contributed by atoms with Gasteiger partial charge in [-0.3, -0.25) is 0 Å². The van der Waals surface area contributed by atoms with Crippen LogP contribution in [-0.4, -0.2) is 39.6 Å². The van der Waals surface area contributed by atoms with Gasteiger partial charge in [0.1, 0.15) is 0 Å². The normalized spacial score (nSPS) is 13.8. The van der Waals surface area contributed by atoms with E-state index in [0.29, 0.717) is 39.6 Å². The van der Waals surface area contributed by atoms with Crippen molar-refractivity contribution in [3.8, 4) is 0 Å². The van der Waals surface area contributed by atoms with E-state index in [9.17, 15) is 0 Å². The molecular weight excluding hydrogens is 1520 g/mol. The van der Waals surface area contributed by atoms with Crippen LogP contribution in [0.3, 0.4) is 0 Å². The highest BCUT2D eigenvalue weighted by atomic mass is 79.9. The molecule has 15 aromatic carbocycles. The predicted octanol–water partition coefficient (Wildman–Crippen LogP) is 30.2. The van der Waals surface area contributed by atoms with Crippen LogP contribution >= 0.6 is 15.9 Å². The molecule has 0 saturated carbocycles. The minimum absolute atomic E-state index is 0.155. The first kappa shape index (κ1) is 81.1. The minimum atomic E-state index is -0.314. The van der Waals surface area contributed by atoms with Crippen LogP contribution < -0.4 is 20.4 Å². The molecule has 600 valence electrons. The SMILES string of the molecule is Brc1ccc(C2OCCO2)cc1.CCCCCc1ccc(N(c2ccc(C3OCCO3)cc2)c2ccc3c4ccc(N(c5ccc(CCCCC)cc5)c5ccc(C6OCCO6)cc5)cc4c4ccccc4c3c2)cc1.CCCCCc1ccc(Nc2ccc3c4ccc(Nc5ccc(CCCCC)cc5)cc4c4ccccc4c3c2)cc1. The van der Waals surface area contributed by atoms with Gasteiger partial charge in [0.25, 0.3) is 0 Å². The van der Waals surface area contributed by atoms with Crippen molar-refractivity contribution in [3.63, 3.8) is 0 Å². The van der Waals surface area contributed by atoms with Gasteiger partial charge < -0.3 is 48.9 Å². The number of aryl methyl sites for hydroxylation is 4. The molecule has 0 bridgehead atoms. The maximum atomic E-state index is 5.85. The molecule has 0 amide bonds. The summed E-state index contributed by atoms with van der Waals surface area (Å²) in [6.45, 7) is 12.9. The largest absolute Gasteiger partial charge is 0.356 e. The molecule has 0 aliphatic carbocycles. The summed E-state index contributed by atoms with van der Waals surface area (Å²) in [5.41, 5.74) is 19.8. The lowest BCUT2D eigenvalue weighted by Crippen LogP contribution is -2.11. The molecule has 10 nitrogen and oxygen atoms in total.